The van der Waals surface area contributed by atoms with Gasteiger partial charge in [0.05, 0.1) is 0 Å². The number of fused-ring (bicyclic) bond motifs is 1. The molecule has 0 amide bonds. The summed E-state index contributed by atoms with van der Waals surface area (Å²) in [6.45, 7) is 3.03. The van der Waals surface area contributed by atoms with Crippen molar-refractivity contribution in [2.24, 2.45) is 12.8 Å². The number of rotatable bonds is 2. The van der Waals surface area contributed by atoms with Crippen LogP contribution in [0.4, 0.5) is 0 Å². The molecule has 0 aliphatic heterocycles. The van der Waals surface area contributed by atoms with Crippen molar-refractivity contribution in [1.82, 2.24) is 4.57 Å². The van der Waals surface area contributed by atoms with Crippen LogP contribution in [0.1, 0.15) is 36.9 Å². The van der Waals surface area contributed by atoms with E-state index in [1.807, 2.05) is 0 Å². The Hall–Kier alpha value is -1.28. The summed E-state index contributed by atoms with van der Waals surface area (Å²) in [5.74, 6) is 0. The number of nitrogens with two attached hydrogens (primary N) is 1. The third kappa shape index (κ3) is 1.45. The Morgan fingerprint density at radius 3 is 2.50 bits per heavy atom. The first-order valence-electron chi connectivity index (χ1n) is 6.94. The second-order valence-corrected chi connectivity index (χ2v) is 5.74. The van der Waals surface area contributed by atoms with Gasteiger partial charge in [-0.25, -0.2) is 0 Å². The molecule has 0 spiro atoms. The first-order valence-corrected chi connectivity index (χ1v) is 6.94. The zero-order chi connectivity index (χ0) is 12.8. The molecular formula is C16H22N2. The highest BCUT2D eigenvalue weighted by Gasteiger charge is 2.38. The highest BCUT2D eigenvalue weighted by molar-refractivity contribution is 5.85. The van der Waals surface area contributed by atoms with E-state index in [0.29, 0.717) is 0 Å². The molecule has 1 fully saturated rings. The van der Waals surface area contributed by atoms with Crippen molar-refractivity contribution in [3.8, 4) is 0 Å². The molecule has 18 heavy (non-hydrogen) atoms. The van der Waals surface area contributed by atoms with Gasteiger partial charge < -0.3 is 10.3 Å². The molecule has 0 bridgehead atoms. The van der Waals surface area contributed by atoms with Gasteiger partial charge in [-0.05, 0) is 31.4 Å². The summed E-state index contributed by atoms with van der Waals surface area (Å²) in [6, 6.07) is 8.69. The van der Waals surface area contributed by atoms with Crippen LogP contribution >= 0.6 is 0 Å². The number of hydrogen-bond donors (Lipinski definition) is 1. The lowest BCUT2D eigenvalue weighted by molar-refractivity contribution is 0.425. The summed E-state index contributed by atoms with van der Waals surface area (Å²) in [5, 5.41) is 1.38. The van der Waals surface area contributed by atoms with E-state index in [0.717, 1.165) is 6.54 Å². The van der Waals surface area contributed by atoms with E-state index in [-0.39, 0.29) is 5.41 Å². The number of hydrogen-bond acceptors (Lipinski definition) is 1. The molecular weight excluding hydrogens is 220 g/mol. The predicted molar refractivity (Wildman–Crippen MR) is 76.9 cm³/mol. The van der Waals surface area contributed by atoms with Crippen LogP contribution in [0.5, 0.6) is 0 Å². The quantitative estimate of drug-likeness (QED) is 0.861. The van der Waals surface area contributed by atoms with Gasteiger partial charge in [0, 0.05) is 35.6 Å². The van der Waals surface area contributed by atoms with Crippen LogP contribution in [0.15, 0.2) is 24.3 Å². The number of aryl methyl sites for hydroxylation is 2. The maximum atomic E-state index is 6.15. The molecule has 1 aromatic heterocycles. The molecule has 2 N–H and O–H groups in total. The fourth-order valence-electron chi connectivity index (χ4n) is 3.93. The van der Waals surface area contributed by atoms with E-state index in [1.165, 1.54) is 47.8 Å². The van der Waals surface area contributed by atoms with Gasteiger partial charge in [-0.2, -0.15) is 0 Å². The fourth-order valence-corrected chi connectivity index (χ4v) is 3.93. The number of benzene rings is 1. The van der Waals surface area contributed by atoms with E-state index in [4.69, 9.17) is 5.73 Å². The minimum absolute atomic E-state index is 0.220. The van der Waals surface area contributed by atoms with Crippen molar-refractivity contribution in [2.75, 3.05) is 6.54 Å². The van der Waals surface area contributed by atoms with Crippen molar-refractivity contribution in [2.45, 2.75) is 38.0 Å². The maximum absolute atomic E-state index is 6.15. The van der Waals surface area contributed by atoms with Gasteiger partial charge in [0.25, 0.3) is 0 Å². The molecule has 1 heterocycles. The first-order chi connectivity index (χ1) is 8.69. The van der Waals surface area contributed by atoms with Gasteiger partial charge in [-0.1, -0.05) is 31.0 Å². The molecule has 2 aromatic rings. The second kappa shape index (κ2) is 4.13. The summed E-state index contributed by atoms with van der Waals surface area (Å²) >= 11 is 0. The Morgan fingerprint density at radius 2 is 1.89 bits per heavy atom. The third-order valence-corrected chi connectivity index (χ3v) is 4.81. The summed E-state index contributed by atoms with van der Waals surface area (Å²) in [5.41, 5.74) is 10.6. The SMILES string of the molecule is Cc1c(C2(CN)CCCC2)n(C)c2ccccc12. The van der Waals surface area contributed by atoms with Crippen molar-refractivity contribution in [1.29, 1.82) is 0 Å². The highest BCUT2D eigenvalue weighted by atomic mass is 15.0. The summed E-state index contributed by atoms with van der Waals surface area (Å²) in [7, 11) is 2.19. The van der Waals surface area contributed by atoms with E-state index < -0.39 is 0 Å². The molecule has 1 aliphatic carbocycles. The van der Waals surface area contributed by atoms with Crippen molar-refractivity contribution >= 4 is 10.9 Å². The van der Waals surface area contributed by atoms with Gasteiger partial charge in [0.1, 0.15) is 0 Å². The fraction of sp³-hybridized carbons (Fsp3) is 0.500. The molecule has 0 atom stereocenters. The smallest absolute Gasteiger partial charge is 0.0482 e. The molecule has 0 radical (unpaired) electrons. The number of para-hydroxylation sites is 1. The van der Waals surface area contributed by atoms with Crippen molar-refractivity contribution < 1.29 is 0 Å². The Balaban J connectivity index is 2.28. The lowest BCUT2D eigenvalue weighted by atomic mass is 9.80. The molecule has 3 rings (SSSR count). The highest BCUT2D eigenvalue weighted by Crippen LogP contribution is 2.43. The lowest BCUT2D eigenvalue weighted by Gasteiger charge is -2.29. The molecule has 1 saturated carbocycles. The van der Waals surface area contributed by atoms with Crippen molar-refractivity contribution in [3.05, 3.63) is 35.5 Å². The van der Waals surface area contributed by atoms with Crippen LogP contribution in [0.3, 0.4) is 0 Å². The van der Waals surface area contributed by atoms with Gasteiger partial charge in [0.2, 0.25) is 0 Å². The summed E-state index contributed by atoms with van der Waals surface area (Å²) < 4.78 is 2.38. The normalized spacial score (nSPS) is 18.6. The number of nitrogens with zero attached hydrogens (tertiary/aromatic N) is 1. The molecule has 2 nitrogen and oxygen atoms in total. The van der Waals surface area contributed by atoms with Crippen LogP contribution in [0, 0.1) is 6.92 Å². The molecule has 0 saturated heterocycles. The predicted octanol–water partition coefficient (Wildman–Crippen LogP) is 3.26. The van der Waals surface area contributed by atoms with Gasteiger partial charge in [-0.15, -0.1) is 0 Å². The molecule has 2 heteroatoms. The standard InChI is InChI=1S/C16H22N2/c1-12-13-7-3-4-8-14(13)18(2)15(12)16(11-17)9-5-6-10-16/h3-4,7-8H,5-6,9-11,17H2,1-2H3. The zero-order valence-electron chi connectivity index (χ0n) is 11.4. The third-order valence-electron chi connectivity index (χ3n) is 4.81. The minimum atomic E-state index is 0.220. The molecule has 0 unspecified atom stereocenters. The Morgan fingerprint density at radius 1 is 1.22 bits per heavy atom. The topological polar surface area (TPSA) is 30.9 Å². The average Bonchev–Trinajstić information content (AvgIpc) is 2.96. The summed E-state index contributed by atoms with van der Waals surface area (Å²) in [6.07, 6.45) is 5.12. The monoisotopic (exact) mass is 242 g/mol. The van der Waals surface area contributed by atoms with E-state index in [9.17, 15) is 0 Å². The Bertz CT molecular complexity index is 535. The maximum Gasteiger partial charge on any atom is 0.0482 e. The van der Waals surface area contributed by atoms with Crippen LogP contribution < -0.4 is 5.73 Å². The molecule has 96 valence electrons. The van der Waals surface area contributed by atoms with Gasteiger partial charge in [-0.3, -0.25) is 0 Å². The van der Waals surface area contributed by atoms with Crippen LogP contribution in [0.25, 0.3) is 10.9 Å². The second-order valence-electron chi connectivity index (χ2n) is 5.74. The van der Waals surface area contributed by atoms with E-state index in [2.05, 4.69) is 42.8 Å². The number of aromatic nitrogens is 1. The average molecular weight is 242 g/mol. The van der Waals surface area contributed by atoms with Crippen molar-refractivity contribution in [3.63, 3.8) is 0 Å². The Labute approximate surface area is 109 Å². The van der Waals surface area contributed by atoms with Crippen LogP contribution in [0.2, 0.25) is 0 Å². The lowest BCUT2D eigenvalue weighted by Crippen LogP contribution is -2.34. The molecule has 1 aromatic carbocycles. The largest absolute Gasteiger partial charge is 0.347 e. The molecule has 1 aliphatic rings. The van der Waals surface area contributed by atoms with Crippen LogP contribution in [-0.4, -0.2) is 11.1 Å². The van der Waals surface area contributed by atoms with E-state index in [1.54, 1.807) is 0 Å². The van der Waals surface area contributed by atoms with Crippen LogP contribution in [-0.2, 0) is 12.5 Å². The Kier molecular flexibility index (Phi) is 2.70. The first kappa shape index (κ1) is 11.8. The van der Waals surface area contributed by atoms with Gasteiger partial charge in [0.15, 0.2) is 0 Å². The van der Waals surface area contributed by atoms with E-state index >= 15 is 0 Å². The zero-order valence-corrected chi connectivity index (χ0v) is 11.4. The minimum Gasteiger partial charge on any atom is -0.347 e. The van der Waals surface area contributed by atoms with Gasteiger partial charge >= 0.3 is 0 Å². The summed E-state index contributed by atoms with van der Waals surface area (Å²) in [4.78, 5) is 0.